The first-order chi connectivity index (χ1) is 11.0. The average molecular weight is 337 g/mol. The van der Waals surface area contributed by atoms with Gasteiger partial charge in [0.25, 0.3) is 0 Å². The molecule has 0 bridgehead atoms. The van der Waals surface area contributed by atoms with Crippen LogP contribution in [0.4, 0.5) is 5.69 Å². The molecule has 0 aliphatic rings. The molecule has 1 rings (SSSR count). The van der Waals surface area contributed by atoms with Crippen molar-refractivity contribution < 1.29 is 4.79 Å². The maximum Gasteiger partial charge on any atom is 0.212 e. The molecule has 1 aromatic carbocycles. The zero-order valence-electron chi connectivity index (χ0n) is 15.7. The van der Waals surface area contributed by atoms with Gasteiger partial charge in [0.05, 0.1) is 12.5 Å². The van der Waals surface area contributed by atoms with Gasteiger partial charge < -0.3 is 4.90 Å². The van der Waals surface area contributed by atoms with Crippen LogP contribution in [0.3, 0.4) is 0 Å². The molecule has 0 heterocycles. The summed E-state index contributed by atoms with van der Waals surface area (Å²) in [6.45, 7) is 8.85. The van der Waals surface area contributed by atoms with Crippen LogP contribution in [0.25, 0.3) is 0 Å². The van der Waals surface area contributed by atoms with Crippen LogP contribution in [0.15, 0.2) is 18.2 Å². The molecule has 0 aliphatic carbocycles. The molecule has 0 amide bonds. The Balaban J connectivity index is 3.00. The first-order valence-electron chi connectivity index (χ1n) is 8.98. The van der Waals surface area contributed by atoms with Crippen molar-refractivity contribution in [3.8, 4) is 0 Å². The molecule has 0 radical (unpaired) electrons. The fourth-order valence-corrected chi connectivity index (χ4v) is 3.43. The van der Waals surface area contributed by atoms with Gasteiger partial charge in [0.1, 0.15) is 0 Å². The molecule has 0 saturated heterocycles. The maximum atomic E-state index is 12.5. The van der Waals surface area contributed by atoms with E-state index in [1.54, 1.807) is 0 Å². The van der Waals surface area contributed by atoms with Crippen LogP contribution in [0.5, 0.6) is 0 Å². The minimum atomic E-state index is 0.161. The molecule has 0 unspecified atom stereocenters. The van der Waals surface area contributed by atoms with Gasteiger partial charge >= 0.3 is 0 Å². The third kappa shape index (κ3) is 6.58. The van der Waals surface area contributed by atoms with Crippen LogP contribution >= 0.6 is 0 Å². The Kier molecular flexibility index (Phi) is 9.39. The highest BCUT2D eigenvalue weighted by Gasteiger charge is 2.18. The summed E-state index contributed by atoms with van der Waals surface area (Å²) in [5.41, 5.74) is 3.42. The molecule has 0 fully saturated rings. The van der Waals surface area contributed by atoms with Gasteiger partial charge in [-0.2, -0.15) is 0 Å². The molecule has 0 saturated carbocycles. The number of unbranched alkanes of at least 4 members (excludes halogenated alkanes) is 2. The second kappa shape index (κ2) is 10.7. The minimum Gasteiger partial charge on any atom is -0.372 e. The number of hydrogen-bond donors (Lipinski definition) is 0. The van der Waals surface area contributed by atoms with Crippen LogP contribution in [0, 0.1) is 0 Å². The summed E-state index contributed by atoms with van der Waals surface area (Å²) in [5, 5.41) is 0. The van der Waals surface area contributed by atoms with Crippen LogP contribution in [-0.4, -0.2) is 37.1 Å². The highest BCUT2D eigenvalue weighted by Crippen LogP contribution is 2.22. The van der Waals surface area contributed by atoms with E-state index in [2.05, 4.69) is 56.4 Å². The zero-order valence-corrected chi connectivity index (χ0v) is 16.5. The lowest BCUT2D eigenvalue weighted by Gasteiger charge is -2.25. The quantitative estimate of drug-likeness (QED) is 0.430. The molecular weight excluding hydrogens is 302 g/mol. The predicted octanol–water partition coefficient (Wildman–Crippen LogP) is 4.72. The monoisotopic (exact) mass is 336 g/mol. The summed E-state index contributed by atoms with van der Waals surface area (Å²) in [5.74, 6) is 0.970. The Hall–Kier alpha value is -0.960. The number of anilines is 1. The van der Waals surface area contributed by atoms with Crippen molar-refractivity contribution in [2.45, 2.75) is 52.9 Å². The number of hydrogen-bond acceptors (Lipinski definition) is 2. The second-order valence-electron chi connectivity index (χ2n) is 6.44. The smallest absolute Gasteiger partial charge is 0.212 e. The van der Waals surface area contributed by atoms with Crippen LogP contribution < -0.4 is 4.90 Å². The number of ketones is 1. The SMILES string of the molecule is CCCCN(CCCC)c1ccc(C(=O)C[S+](C)C)c(CC)c1. The van der Waals surface area contributed by atoms with Crippen molar-refractivity contribution in [1.29, 1.82) is 0 Å². The Labute approximate surface area is 146 Å². The summed E-state index contributed by atoms with van der Waals surface area (Å²) < 4.78 is 0. The molecule has 0 atom stereocenters. The molecule has 23 heavy (non-hydrogen) atoms. The lowest BCUT2D eigenvalue weighted by Crippen LogP contribution is -2.26. The standard InChI is InChI=1S/C20H34NOS/c1-6-9-13-21(14-10-7-2)18-11-12-19(17(8-3)15-18)20(22)16-23(4)5/h11-12,15H,6-10,13-14,16H2,1-5H3/q+1. The summed E-state index contributed by atoms with van der Waals surface area (Å²) >= 11 is 0. The van der Waals surface area contributed by atoms with E-state index in [1.807, 2.05) is 0 Å². The Morgan fingerprint density at radius 3 is 2.13 bits per heavy atom. The van der Waals surface area contributed by atoms with Crippen molar-refractivity contribution in [1.82, 2.24) is 0 Å². The van der Waals surface area contributed by atoms with E-state index in [0.717, 1.165) is 25.1 Å². The number of carbonyl (C=O) groups is 1. The van der Waals surface area contributed by atoms with Crippen molar-refractivity contribution in [3.63, 3.8) is 0 Å². The number of aryl methyl sites for hydroxylation is 1. The normalized spacial score (nSPS) is 11.0. The highest BCUT2D eigenvalue weighted by molar-refractivity contribution is 7.96. The topological polar surface area (TPSA) is 20.3 Å². The number of nitrogens with zero attached hydrogens (tertiary/aromatic N) is 1. The number of benzene rings is 1. The zero-order chi connectivity index (χ0) is 17.2. The average Bonchev–Trinajstić information content (AvgIpc) is 2.53. The van der Waals surface area contributed by atoms with E-state index < -0.39 is 0 Å². The van der Waals surface area contributed by atoms with Crippen molar-refractivity contribution in [2.75, 3.05) is 36.3 Å². The van der Waals surface area contributed by atoms with E-state index in [1.165, 1.54) is 36.9 Å². The predicted molar refractivity (Wildman–Crippen MR) is 106 cm³/mol. The van der Waals surface area contributed by atoms with Crippen LogP contribution in [0.1, 0.15) is 62.4 Å². The van der Waals surface area contributed by atoms with E-state index in [9.17, 15) is 4.79 Å². The van der Waals surface area contributed by atoms with Gasteiger partial charge in [-0.1, -0.05) is 33.6 Å². The summed E-state index contributed by atoms with van der Waals surface area (Å²) in [4.78, 5) is 14.9. The van der Waals surface area contributed by atoms with Gasteiger partial charge in [-0.25, -0.2) is 0 Å². The second-order valence-corrected chi connectivity index (χ2v) is 8.70. The van der Waals surface area contributed by atoms with E-state index in [-0.39, 0.29) is 10.9 Å². The first kappa shape index (κ1) is 20.1. The summed E-state index contributed by atoms with van der Waals surface area (Å²) in [6, 6.07) is 6.47. The van der Waals surface area contributed by atoms with Crippen LogP contribution in [-0.2, 0) is 17.3 Å². The maximum absolute atomic E-state index is 12.5. The molecule has 1 aromatic rings. The van der Waals surface area contributed by atoms with Gasteiger partial charge in [-0.3, -0.25) is 4.79 Å². The van der Waals surface area contributed by atoms with Gasteiger partial charge in [0.15, 0.2) is 5.75 Å². The molecule has 0 N–H and O–H groups in total. The van der Waals surface area contributed by atoms with Gasteiger partial charge in [0, 0.05) is 24.3 Å². The molecule has 0 aliphatic heterocycles. The largest absolute Gasteiger partial charge is 0.372 e. The third-order valence-electron chi connectivity index (χ3n) is 4.12. The lowest BCUT2D eigenvalue weighted by molar-refractivity contribution is 0.102. The van der Waals surface area contributed by atoms with Gasteiger partial charge in [-0.05, 0) is 53.9 Å². The molecule has 130 valence electrons. The first-order valence-corrected chi connectivity index (χ1v) is 11.2. The van der Waals surface area contributed by atoms with Gasteiger partial charge in [-0.15, -0.1) is 0 Å². The lowest BCUT2D eigenvalue weighted by atomic mass is 10.0. The van der Waals surface area contributed by atoms with E-state index >= 15 is 0 Å². The molecule has 3 heteroatoms. The third-order valence-corrected chi connectivity index (χ3v) is 4.96. The molecular formula is C20H34NOS+. The molecule has 0 aromatic heterocycles. The fourth-order valence-electron chi connectivity index (χ4n) is 2.75. The number of Topliss-reactive ketones (excluding diaryl/α,β-unsaturated/α-hetero) is 1. The number of carbonyl (C=O) groups excluding carboxylic acids is 1. The molecule has 2 nitrogen and oxygen atoms in total. The Morgan fingerprint density at radius 2 is 1.65 bits per heavy atom. The minimum absolute atomic E-state index is 0.161. The van der Waals surface area contributed by atoms with E-state index in [4.69, 9.17) is 0 Å². The number of rotatable bonds is 11. The van der Waals surface area contributed by atoms with Crippen LogP contribution in [0.2, 0.25) is 0 Å². The summed E-state index contributed by atoms with van der Waals surface area (Å²) in [6.07, 6.45) is 10.1. The Morgan fingerprint density at radius 1 is 1.04 bits per heavy atom. The van der Waals surface area contributed by atoms with Crippen molar-refractivity contribution >= 4 is 22.4 Å². The van der Waals surface area contributed by atoms with Gasteiger partial charge in [0.2, 0.25) is 5.78 Å². The highest BCUT2D eigenvalue weighted by atomic mass is 32.2. The summed E-state index contributed by atoms with van der Waals surface area (Å²) in [7, 11) is 0.161. The molecule has 0 spiro atoms. The Bertz CT molecular complexity index is 477. The van der Waals surface area contributed by atoms with Crippen molar-refractivity contribution in [2.24, 2.45) is 0 Å². The van der Waals surface area contributed by atoms with Crippen molar-refractivity contribution in [3.05, 3.63) is 29.3 Å². The fraction of sp³-hybridized carbons (Fsp3) is 0.650. The van der Waals surface area contributed by atoms with E-state index in [0.29, 0.717) is 11.5 Å².